The zero-order valence-electron chi connectivity index (χ0n) is 32.0. The lowest BCUT2D eigenvalue weighted by Gasteiger charge is -2.31. The summed E-state index contributed by atoms with van der Waals surface area (Å²) >= 11 is 1.29. The summed E-state index contributed by atoms with van der Waals surface area (Å²) < 4.78 is 76.8. The molecule has 296 valence electrons. The Morgan fingerprint density at radius 2 is 1.69 bits per heavy atom. The summed E-state index contributed by atoms with van der Waals surface area (Å²) in [4.78, 5) is 18.7. The van der Waals surface area contributed by atoms with E-state index in [0.717, 1.165) is 75.9 Å². The first-order valence-corrected chi connectivity index (χ1v) is 19.7. The molecule has 1 unspecified atom stereocenters. The van der Waals surface area contributed by atoms with Gasteiger partial charge in [-0.3, -0.25) is 4.90 Å². The number of aromatic nitrogens is 5. The number of benzene rings is 1. The molecule has 54 heavy (non-hydrogen) atoms. The highest BCUT2D eigenvalue weighted by Gasteiger charge is 2.48. The minimum atomic E-state index is -4.43. The first kappa shape index (κ1) is 42.8. The lowest BCUT2D eigenvalue weighted by Crippen LogP contribution is -2.39. The van der Waals surface area contributed by atoms with Gasteiger partial charge in [0.05, 0.1) is 18.2 Å². The fraction of sp³-hybridized carbons (Fsp3) is 0.538. The van der Waals surface area contributed by atoms with Gasteiger partial charge in [0.1, 0.15) is 23.1 Å². The zero-order chi connectivity index (χ0) is 39.3. The third kappa shape index (κ3) is 11.3. The number of nitrogens with zero attached hydrogens (tertiary/aromatic N) is 7. The van der Waals surface area contributed by atoms with Crippen LogP contribution in [0.4, 0.5) is 33.6 Å². The highest BCUT2D eigenvalue weighted by molar-refractivity contribution is 8.00. The van der Waals surface area contributed by atoms with Crippen molar-refractivity contribution in [3.05, 3.63) is 66.5 Å². The molecule has 0 radical (unpaired) electrons. The van der Waals surface area contributed by atoms with Crippen LogP contribution in [0.2, 0.25) is 0 Å². The summed E-state index contributed by atoms with van der Waals surface area (Å²) in [5.74, 6) is 1.75. The second kappa shape index (κ2) is 20.1. The minimum absolute atomic E-state index is 0.0472. The molecule has 5 heterocycles. The van der Waals surface area contributed by atoms with Crippen LogP contribution in [0.15, 0.2) is 66.0 Å². The van der Waals surface area contributed by atoms with Gasteiger partial charge in [-0.05, 0) is 57.2 Å². The summed E-state index contributed by atoms with van der Waals surface area (Å²) in [6.07, 6.45) is 1.90. The monoisotopic (exact) mass is 776 g/mol. The van der Waals surface area contributed by atoms with Gasteiger partial charge in [-0.1, -0.05) is 70.9 Å². The Labute approximate surface area is 320 Å². The van der Waals surface area contributed by atoms with Crippen molar-refractivity contribution in [2.24, 2.45) is 5.41 Å². The number of anilines is 2. The number of aryl methyl sites for hydroxylation is 1. The molecule has 1 N–H and O–H groups in total. The van der Waals surface area contributed by atoms with Gasteiger partial charge in [-0.2, -0.15) is 13.2 Å². The standard InChI is InChI=1S/C35H41F5N8OS.2C2H6/c1-34(2,35(38,39)40)23-49-30-16-19-48(44-30)33-32-26-12-7-6-11-24(26)10-5-3-4-8-17-47(25-15-18-46(21-25)22-27(36)37)29-13-9-14-31(43-29)50-45-28(42-32)20-41-33;2*1-2/h6-7,9,11-14,16,19-20,25,27H,3-5,8,10,15,17-18,21-23H2,1-2H3,(H,42,45);2*1-2H3. The van der Waals surface area contributed by atoms with Crippen molar-refractivity contribution in [3.63, 3.8) is 0 Å². The maximum absolute atomic E-state index is 13.4. The molecule has 0 spiro atoms. The minimum Gasteiger partial charge on any atom is -0.476 e. The van der Waals surface area contributed by atoms with E-state index < -0.39 is 24.6 Å². The van der Waals surface area contributed by atoms with Crippen LogP contribution in [0.25, 0.3) is 17.1 Å². The maximum Gasteiger partial charge on any atom is 0.397 e. The Hall–Kier alpha value is -3.98. The van der Waals surface area contributed by atoms with Gasteiger partial charge in [0.2, 0.25) is 5.88 Å². The van der Waals surface area contributed by atoms with E-state index in [9.17, 15) is 22.0 Å². The Bertz CT molecular complexity index is 1740. The average Bonchev–Trinajstić information content (AvgIpc) is 3.84. The van der Waals surface area contributed by atoms with Gasteiger partial charge in [0.25, 0.3) is 6.43 Å². The molecule has 15 heteroatoms. The predicted molar refractivity (Wildman–Crippen MR) is 207 cm³/mol. The Kier molecular flexibility index (Phi) is 15.9. The smallest absolute Gasteiger partial charge is 0.397 e. The molecule has 2 aliphatic heterocycles. The second-order valence-corrected chi connectivity index (χ2v) is 14.2. The molecule has 3 aromatic heterocycles. The summed E-state index contributed by atoms with van der Waals surface area (Å²) in [5, 5.41) is 5.12. The van der Waals surface area contributed by atoms with E-state index in [1.807, 2.05) is 69.0 Å². The summed E-state index contributed by atoms with van der Waals surface area (Å²) in [6.45, 7) is 11.4. The van der Waals surface area contributed by atoms with Crippen LogP contribution in [0.1, 0.15) is 79.2 Å². The highest BCUT2D eigenvalue weighted by Crippen LogP contribution is 2.38. The fourth-order valence-electron chi connectivity index (χ4n) is 6.18. The van der Waals surface area contributed by atoms with E-state index in [2.05, 4.69) is 20.8 Å². The van der Waals surface area contributed by atoms with Crippen LogP contribution in [-0.2, 0) is 6.42 Å². The van der Waals surface area contributed by atoms with Crippen molar-refractivity contribution in [1.82, 2.24) is 29.6 Å². The van der Waals surface area contributed by atoms with Crippen LogP contribution >= 0.6 is 11.9 Å². The fourth-order valence-corrected chi connectivity index (χ4v) is 6.77. The number of likely N-dealkylation sites (tertiary alicyclic amines) is 1. The van der Waals surface area contributed by atoms with E-state index in [1.165, 1.54) is 22.7 Å². The third-order valence-corrected chi connectivity index (χ3v) is 9.85. The van der Waals surface area contributed by atoms with E-state index in [4.69, 9.17) is 19.7 Å². The summed E-state index contributed by atoms with van der Waals surface area (Å²) in [6, 6.07) is 15.4. The molecule has 9 nitrogen and oxygen atoms in total. The van der Waals surface area contributed by atoms with Gasteiger partial charge < -0.3 is 14.4 Å². The predicted octanol–water partition coefficient (Wildman–Crippen LogP) is 10.1. The maximum atomic E-state index is 13.4. The number of pyridine rings is 1. The number of halogens is 5. The molecule has 1 fully saturated rings. The number of fused-ring (bicyclic) bond motifs is 6. The van der Waals surface area contributed by atoms with Crippen LogP contribution < -0.4 is 14.4 Å². The zero-order valence-corrected chi connectivity index (χ0v) is 32.9. The molecule has 6 rings (SSSR count). The SMILES string of the molecule is CC.CC.CC(C)(COc1ccn(-c2ncc3nc2-c2ccccc2CCCCCCN(C2CCN(CC(F)F)C2)c2cccc(n2)SN3)n1)C(F)(F)F. The van der Waals surface area contributed by atoms with E-state index in [-0.39, 0.29) is 18.5 Å². The summed E-state index contributed by atoms with van der Waals surface area (Å²) in [5.41, 5.74) is 0.479. The molecule has 0 aliphatic carbocycles. The molecule has 2 aliphatic rings. The third-order valence-electron chi connectivity index (χ3n) is 9.10. The van der Waals surface area contributed by atoms with Crippen LogP contribution in [0.3, 0.4) is 0 Å². The number of alkyl halides is 5. The number of hydrogen-bond acceptors (Lipinski definition) is 9. The first-order chi connectivity index (χ1) is 26.0. The lowest BCUT2D eigenvalue weighted by molar-refractivity contribution is -0.219. The van der Waals surface area contributed by atoms with Gasteiger partial charge in [-0.25, -0.2) is 28.4 Å². The normalized spacial score (nSPS) is 17.0. The number of hydrogen-bond donors (Lipinski definition) is 1. The van der Waals surface area contributed by atoms with Crippen molar-refractivity contribution in [2.75, 3.05) is 42.4 Å². The second-order valence-electron chi connectivity index (χ2n) is 13.3. The molecule has 0 saturated carbocycles. The highest BCUT2D eigenvalue weighted by atomic mass is 32.2. The van der Waals surface area contributed by atoms with E-state index in [0.29, 0.717) is 35.4 Å². The van der Waals surface area contributed by atoms with E-state index >= 15 is 0 Å². The van der Waals surface area contributed by atoms with Gasteiger partial charge in [0, 0.05) is 55.5 Å². The lowest BCUT2D eigenvalue weighted by atomic mass is 9.94. The summed E-state index contributed by atoms with van der Waals surface area (Å²) in [7, 11) is 0. The molecule has 1 atom stereocenters. The van der Waals surface area contributed by atoms with Crippen molar-refractivity contribution in [3.8, 4) is 23.0 Å². The van der Waals surface area contributed by atoms with Crippen molar-refractivity contribution in [1.29, 1.82) is 0 Å². The van der Waals surface area contributed by atoms with Crippen molar-refractivity contribution in [2.45, 2.75) is 104 Å². The van der Waals surface area contributed by atoms with Gasteiger partial charge >= 0.3 is 6.18 Å². The van der Waals surface area contributed by atoms with Gasteiger partial charge in [-0.15, -0.1) is 5.10 Å². The molecule has 4 bridgehead atoms. The Balaban J connectivity index is 0.00000157. The number of ether oxygens (including phenoxy) is 1. The Morgan fingerprint density at radius 3 is 2.44 bits per heavy atom. The molecule has 1 aromatic carbocycles. The van der Waals surface area contributed by atoms with Gasteiger partial charge in [0.15, 0.2) is 11.6 Å². The van der Waals surface area contributed by atoms with Crippen LogP contribution in [-0.4, -0.2) is 81.1 Å². The van der Waals surface area contributed by atoms with Crippen LogP contribution in [0, 0.1) is 5.41 Å². The molecule has 1 saturated heterocycles. The quantitative estimate of drug-likeness (QED) is 0.146. The van der Waals surface area contributed by atoms with Crippen LogP contribution in [0.5, 0.6) is 5.88 Å². The topological polar surface area (TPSA) is 84.2 Å². The average molecular weight is 777 g/mol. The van der Waals surface area contributed by atoms with Crippen molar-refractivity contribution >= 4 is 23.6 Å². The largest absolute Gasteiger partial charge is 0.476 e. The van der Waals surface area contributed by atoms with Crippen molar-refractivity contribution < 1.29 is 26.7 Å². The molecule has 4 aromatic rings. The molecular weight excluding hydrogens is 724 g/mol. The number of rotatable bonds is 7. The molecular formula is C39H53F5N8OS. The number of nitrogens with one attached hydrogen (secondary N) is 1. The molecule has 0 amide bonds. The Morgan fingerprint density at radius 1 is 0.926 bits per heavy atom. The van der Waals surface area contributed by atoms with E-state index in [1.54, 1.807) is 12.4 Å². The first-order valence-electron chi connectivity index (χ1n) is 18.8.